The fraction of sp³-hybridized carbons (Fsp3) is 0.0182. The van der Waals surface area contributed by atoms with Crippen molar-refractivity contribution in [1.29, 1.82) is 0 Å². The van der Waals surface area contributed by atoms with Crippen LogP contribution in [0.25, 0.3) is 44.5 Å². The molecule has 0 N–H and O–H groups in total. The van der Waals surface area contributed by atoms with E-state index >= 15 is 0 Å². The van der Waals surface area contributed by atoms with E-state index < -0.39 is 5.41 Å². The van der Waals surface area contributed by atoms with Gasteiger partial charge in [0.05, 0.1) is 5.41 Å². The summed E-state index contributed by atoms with van der Waals surface area (Å²) in [5.41, 5.74) is 17.8. The average Bonchev–Trinajstić information content (AvgIpc) is 3.59. The number of para-hydroxylation sites is 1. The monoisotopic (exact) mass is 713 g/mol. The van der Waals surface area contributed by atoms with Crippen LogP contribution in [-0.2, 0) is 5.41 Å². The highest BCUT2D eigenvalue weighted by atomic mass is 15.1. The van der Waals surface area contributed by atoms with Crippen LogP contribution < -0.4 is 4.90 Å². The quantitative estimate of drug-likeness (QED) is 0.152. The van der Waals surface area contributed by atoms with Crippen molar-refractivity contribution in [2.75, 3.05) is 4.90 Å². The van der Waals surface area contributed by atoms with Crippen LogP contribution >= 0.6 is 0 Å². The Morgan fingerprint density at radius 3 is 1.23 bits per heavy atom. The van der Waals surface area contributed by atoms with Crippen molar-refractivity contribution in [3.63, 3.8) is 0 Å². The predicted octanol–water partition coefficient (Wildman–Crippen LogP) is 14.5. The number of fused-ring (bicyclic) bond motifs is 3. The average molecular weight is 714 g/mol. The topological polar surface area (TPSA) is 3.24 Å². The number of anilines is 3. The van der Waals surface area contributed by atoms with Gasteiger partial charge < -0.3 is 4.90 Å². The summed E-state index contributed by atoms with van der Waals surface area (Å²) in [6, 6.07) is 86.1. The third kappa shape index (κ3) is 5.65. The molecule has 0 radical (unpaired) electrons. The van der Waals surface area contributed by atoms with Crippen molar-refractivity contribution in [2.45, 2.75) is 5.41 Å². The van der Waals surface area contributed by atoms with Crippen LogP contribution in [0.15, 0.2) is 237 Å². The van der Waals surface area contributed by atoms with Crippen LogP contribution in [0, 0.1) is 0 Å². The summed E-state index contributed by atoms with van der Waals surface area (Å²) in [5.74, 6) is 0. The molecule has 1 aliphatic carbocycles. The molecule has 9 aromatic carbocycles. The van der Waals surface area contributed by atoms with Gasteiger partial charge in [0, 0.05) is 17.1 Å². The minimum Gasteiger partial charge on any atom is -0.311 e. The molecule has 0 saturated carbocycles. The number of rotatable bonds is 8. The van der Waals surface area contributed by atoms with Gasteiger partial charge in [-0.3, -0.25) is 0 Å². The zero-order chi connectivity index (χ0) is 37.3. The summed E-state index contributed by atoms with van der Waals surface area (Å²) < 4.78 is 0. The molecule has 0 bridgehead atoms. The molecule has 0 fully saturated rings. The van der Waals surface area contributed by atoms with Gasteiger partial charge in [-0.2, -0.15) is 0 Å². The first kappa shape index (κ1) is 33.4. The Labute approximate surface area is 329 Å². The number of hydrogen-bond donors (Lipinski definition) is 0. The second kappa shape index (κ2) is 14.2. The molecule has 0 atom stereocenters. The van der Waals surface area contributed by atoms with Gasteiger partial charge >= 0.3 is 0 Å². The second-order valence-corrected chi connectivity index (χ2v) is 14.5. The molecule has 1 heteroatoms. The van der Waals surface area contributed by atoms with E-state index in [1.54, 1.807) is 0 Å². The zero-order valence-electron chi connectivity index (χ0n) is 31.0. The maximum Gasteiger partial charge on any atom is 0.0713 e. The molecular weight excluding hydrogens is 675 g/mol. The van der Waals surface area contributed by atoms with E-state index in [1.165, 1.54) is 66.8 Å². The fourth-order valence-electron chi connectivity index (χ4n) is 8.85. The Morgan fingerprint density at radius 2 is 0.661 bits per heavy atom. The fourth-order valence-corrected chi connectivity index (χ4v) is 8.85. The number of nitrogens with zero attached hydrogens (tertiary/aromatic N) is 1. The van der Waals surface area contributed by atoms with Crippen LogP contribution in [-0.4, -0.2) is 0 Å². The van der Waals surface area contributed by atoms with E-state index in [2.05, 4.69) is 241 Å². The normalized spacial score (nSPS) is 12.4. The Morgan fingerprint density at radius 1 is 0.250 bits per heavy atom. The number of benzene rings is 9. The standard InChI is InChI=1S/C55H39N/c1-5-17-40(18-6-1)41-29-34-47(35-30-41)56(46-23-11-4-12-24-46)48-36-31-43(32-37-48)49-38-33-45(39-52(49)42-19-7-2-8-20-42)55(44-21-9-3-10-22-44)53-27-15-13-25-50(53)51-26-14-16-28-54(51)55/h1-39H. The first-order valence-electron chi connectivity index (χ1n) is 19.3. The first-order valence-corrected chi connectivity index (χ1v) is 19.3. The van der Waals surface area contributed by atoms with Gasteiger partial charge in [-0.05, 0) is 109 Å². The first-order chi connectivity index (χ1) is 27.8. The molecule has 10 rings (SSSR count). The van der Waals surface area contributed by atoms with Gasteiger partial charge in [-0.25, -0.2) is 0 Å². The van der Waals surface area contributed by atoms with Crippen molar-refractivity contribution in [1.82, 2.24) is 0 Å². The summed E-state index contributed by atoms with van der Waals surface area (Å²) in [4.78, 5) is 2.33. The molecule has 56 heavy (non-hydrogen) atoms. The zero-order valence-corrected chi connectivity index (χ0v) is 31.0. The van der Waals surface area contributed by atoms with Crippen LogP contribution in [0.1, 0.15) is 22.3 Å². The molecule has 1 nitrogen and oxygen atoms in total. The summed E-state index contributed by atoms with van der Waals surface area (Å²) >= 11 is 0. The summed E-state index contributed by atoms with van der Waals surface area (Å²) in [5, 5.41) is 0. The summed E-state index contributed by atoms with van der Waals surface area (Å²) in [6.45, 7) is 0. The molecule has 0 aliphatic heterocycles. The molecule has 0 saturated heterocycles. The van der Waals surface area contributed by atoms with Crippen LogP contribution in [0.4, 0.5) is 17.1 Å². The minimum atomic E-state index is -0.466. The van der Waals surface area contributed by atoms with Crippen molar-refractivity contribution in [3.8, 4) is 44.5 Å². The minimum absolute atomic E-state index is 0.466. The summed E-state index contributed by atoms with van der Waals surface area (Å²) in [6.07, 6.45) is 0. The lowest BCUT2D eigenvalue weighted by Crippen LogP contribution is -2.28. The molecule has 264 valence electrons. The highest BCUT2D eigenvalue weighted by Crippen LogP contribution is 2.56. The van der Waals surface area contributed by atoms with E-state index in [1.807, 2.05) is 0 Å². The Kier molecular flexibility index (Phi) is 8.46. The lowest BCUT2D eigenvalue weighted by atomic mass is 9.67. The summed E-state index contributed by atoms with van der Waals surface area (Å²) in [7, 11) is 0. The van der Waals surface area contributed by atoms with E-state index in [0.717, 1.165) is 17.1 Å². The lowest BCUT2D eigenvalue weighted by molar-refractivity contribution is 0.769. The van der Waals surface area contributed by atoms with Crippen LogP contribution in [0.3, 0.4) is 0 Å². The molecule has 0 heterocycles. The highest BCUT2D eigenvalue weighted by molar-refractivity contribution is 5.90. The van der Waals surface area contributed by atoms with Crippen molar-refractivity contribution >= 4 is 17.1 Å². The molecule has 9 aromatic rings. The maximum absolute atomic E-state index is 2.45. The van der Waals surface area contributed by atoms with Gasteiger partial charge in [-0.15, -0.1) is 0 Å². The van der Waals surface area contributed by atoms with Crippen molar-refractivity contribution in [2.24, 2.45) is 0 Å². The van der Waals surface area contributed by atoms with Gasteiger partial charge in [0.15, 0.2) is 0 Å². The van der Waals surface area contributed by atoms with Gasteiger partial charge in [0.1, 0.15) is 0 Å². The van der Waals surface area contributed by atoms with Crippen LogP contribution in [0.2, 0.25) is 0 Å². The Hall–Kier alpha value is -7.22. The third-order valence-corrected chi connectivity index (χ3v) is 11.4. The molecule has 0 aromatic heterocycles. The molecule has 0 amide bonds. The Bertz CT molecular complexity index is 2710. The second-order valence-electron chi connectivity index (χ2n) is 14.5. The van der Waals surface area contributed by atoms with Gasteiger partial charge in [0.25, 0.3) is 0 Å². The van der Waals surface area contributed by atoms with Crippen molar-refractivity contribution < 1.29 is 0 Å². The molecule has 0 spiro atoms. The smallest absolute Gasteiger partial charge is 0.0713 e. The van der Waals surface area contributed by atoms with E-state index in [0.29, 0.717) is 0 Å². The van der Waals surface area contributed by atoms with Crippen LogP contribution in [0.5, 0.6) is 0 Å². The number of hydrogen-bond acceptors (Lipinski definition) is 1. The van der Waals surface area contributed by atoms with Gasteiger partial charge in [0.2, 0.25) is 0 Å². The van der Waals surface area contributed by atoms with E-state index in [4.69, 9.17) is 0 Å². The maximum atomic E-state index is 2.45. The SMILES string of the molecule is c1ccc(-c2ccc(N(c3ccccc3)c3ccc(-c4ccc(C5(c6ccccc6)c6ccccc6-c6ccccc65)cc4-c4ccccc4)cc3)cc2)cc1. The lowest BCUT2D eigenvalue weighted by Gasteiger charge is -2.34. The molecule has 0 unspecified atom stereocenters. The van der Waals surface area contributed by atoms with Crippen molar-refractivity contribution in [3.05, 3.63) is 259 Å². The largest absolute Gasteiger partial charge is 0.311 e. The van der Waals surface area contributed by atoms with E-state index in [-0.39, 0.29) is 0 Å². The predicted molar refractivity (Wildman–Crippen MR) is 235 cm³/mol. The molecule has 1 aliphatic rings. The Balaban J connectivity index is 1.11. The third-order valence-electron chi connectivity index (χ3n) is 11.4. The van der Waals surface area contributed by atoms with E-state index in [9.17, 15) is 0 Å². The van der Waals surface area contributed by atoms with Gasteiger partial charge in [-0.1, -0.05) is 194 Å². The highest BCUT2D eigenvalue weighted by Gasteiger charge is 2.46. The molecular formula is C55H39N.